The molecule has 21 heavy (non-hydrogen) atoms. The van der Waals surface area contributed by atoms with Crippen LogP contribution in [0, 0.1) is 0 Å². The number of carbonyl (C=O) groups is 1. The molecule has 2 N–H and O–H groups in total. The molecule has 1 unspecified atom stereocenters. The number of carboxylic acid groups (broad SMARTS) is 1. The Hall–Kier alpha value is -0.950. The summed E-state index contributed by atoms with van der Waals surface area (Å²) in [5.41, 5.74) is 1.36. The minimum atomic E-state index is -0.907. The van der Waals surface area contributed by atoms with Gasteiger partial charge in [0.25, 0.3) is 0 Å². The topological polar surface area (TPSA) is 61.8 Å². The van der Waals surface area contributed by atoms with Gasteiger partial charge in [0, 0.05) is 36.7 Å². The maximum atomic E-state index is 10.9. The van der Waals surface area contributed by atoms with Gasteiger partial charge in [0.1, 0.15) is 0 Å². The molecule has 0 saturated carbocycles. The lowest BCUT2D eigenvalue weighted by atomic mass is 10.1. The summed E-state index contributed by atoms with van der Waals surface area (Å²) >= 11 is 3.43. The number of morpholine rings is 1. The largest absolute Gasteiger partial charge is 0.478 e. The van der Waals surface area contributed by atoms with E-state index in [1.54, 1.807) is 12.1 Å². The van der Waals surface area contributed by atoms with Crippen molar-refractivity contribution in [3.8, 4) is 0 Å². The summed E-state index contributed by atoms with van der Waals surface area (Å²) in [6, 6.07) is 5.50. The molecule has 1 aliphatic heterocycles. The molecule has 2 rings (SSSR count). The second kappa shape index (κ2) is 7.89. The van der Waals surface area contributed by atoms with E-state index in [1.165, 1.54) is 0 Å². The third-order valence-electron chi connectivity index (χ3n) is 3.58. The molecule has 0 aromatic heterocycles. The molecule has 0 bridgehead atoms. The summed E-state index contributed by atoms with van der Waals surface area (Å²) in [5.74, 6) is -0.907. The van der Waals surface area contributed by atoms with Gasteiger partial charge >= 0.3 is 5.97 Å². The molecule has 1 atom stereocenters. The van der Waals surface area contributed by atoms with Gasteiger partial charge in [-0.05, 0) is 24.6 Å². The van der Waals surface area contributed by atoms with Crippen LogP contribution in [0.1, 0.15) is 22.8 Å². The molecule has 0 spiro atoms. The summed E-state index contributed by atoms with van der Waals surface area (Å²) in [6.45, 7) is 7.48. The highest BCUT2D eigenvalue weighted by atomic mass is 79.9. The number of aromatic carboxylic acids is 1. The average Bonchev–Trinajstić information content (AvgIpc) is 2.47. The van der Waals surface area contributed by atoms with Gasteiger partial charge in [0.15, 0.2) is 0 Å². The lowest BCUT2D eigenvalue weighted by Gasteiger charge is -2.29. The molecule has 5 nitrogen and oxygen atoms in total. The number of nitrogens with one attached hydrogen (secondary N) is 1. The van der Waals surface area contributed by atoms with Gasteiger partial charge in [-0.15, -0.1) is 0 Å². The molecule has 1 aromatic rings. The standard InChI is InChI=1S/C15H21BrN2O3/c1-11(10-18-4-6-21-7-5-18)17-9-13-3-2-12(15(19)20)8-14(13)16/h2-3,8,11,17H,4-7,9-10H2,1H3,(H,19,20). The maximum absolute atomic E-state index is 10.9. The summed E-state index contributed by atoms with van der Waals surface area (Å²) in [5, 5.41) is 12.4. The molecule has 0 radical (unpaired) electrons. The number of benzene rings is 1. The Morgan fingerprint density at radius 1 is 1.48 bits per heavy atom. The Balaban J connectivity index is 1.83. The smallest absolute Gasteiger partial charge is 0.335 e. The van der Waals surface area contributed by atoms with E-state index in [-0.39, 0.29) is 0 Å². The zero-order valence-electron chi connectivity index (χ0n) is 12.1. The number of nitrogens with zero attached hydrogens (tertiary/aromatic N) is 1. The highest BCUT2D eigenvalue weighted by molar-refractivity contribution is 9.10. The Bertz CT molecular complexity index is 490. The third-order valence-corrected chi connectivity index (χ3v) is 4.31. The number of carboxylic acids is 1. The van der Waals surface area contributed by atoms with Gasteiger partial charge in [0.05, 0.1) is 18.8 Å². The molecule has 1 aromatic carbocycles. The zero-order valence-corrected chi connectivity index (χ0v) is 13.7. The molecule has 1 heterocycles. The molecule has 0 aliphatic carbocycles. The van der Waals surface area contributed by atoms with E-state index >= 15 is 0 Å². The number of hydrogen-bond donors (Lipinski definition) is 2. The van der Waals surface area contributed by atoms with E-state index in [4.69, 9.17) is 9.84 Å². The fraction of sp³-hybridized carbons (Fsp3) is 0.533. The summed E-state index contributed by atoms with van der Waals surface area (Å²) in [4.78, 5) is 13.3. The van der Waals surface area contributed by atoms with Crippen LogP contribution in [0.5, 0.6) is 0 Å². The number of ether oxygens (including phenoxy) is 1. The Kier molecular flexibility index (Phi) is 6.17. The van der Waals surface area contributed by atoms with Gasteiger partial charge < -0.3 is 15.2 Å². The van der Waals surface area contributed by atoms with Crippen LogP contribution in [0.25, 0.3) is 0 Å². The van der Waals surface area contributed by atoms with Crippen LogP contribution < -0.4 is 5.32 Å². The van der Waals surface area contributed by atoms with Crippen LogP contribution in [-0.2, 0) is 11.3 Å². The predicted octanol–water partition coefficient (Wildman–Crippen LogP) is 1.96. The van der Waals surface area contributed by atoms with Gasteiger partial charge in [-0.1, -0.05) is 22.0 Å². The summed E-state index contributed by atoms with van der Waals surface area (Å²) < 4.78 is 6.17. The van der Waals surface area contributed by atoms with Crippen LogP contribution in [-0.4, -0.2) is 54.9 Å². The van der Waals surface area contributed by atoms with Crippen molar-refractivity contribution in [2.45, 2.75) is 19.5 Å². The van der Waals surface area contributed by atoms with Gasteiger partial charge in [0.2, 0.25) is 0 Å². The van der Waals surface area contributed by atoms with Crippen molar-refractivity contribution in [1.29, 1.82) is 0 Å². The molecule has 0 amide bonds. The van der Waals surface area contributed by atoms with E-state index in [1.807, 2.05) is 6.07 Å². The van der Waals surface area contributed by atoms with Crippen molar-refractivity contribution in [1.82, 2.24) is 10.2 Å². The van der Waals surface area contributed by atoms with E-state index in [2.05, 4.69) is 33.1 Å². The Morgan fingerprint density at radius 3 is 2.81 bits per heavy atom. The Labute approximate surface area is 133 Å². The molecule has 1 saturated heterocycles. The quantitative estimate of drug-likeness (QED) is 0.815. The highest BCUT2D eigenvalue weighted by Gasteiger charge is 2.14. The molecular formula is C15H21BrN2O3. The third kappa shape index (κ3) is 5.07. The summed E-state index contributed by atoms with van der Waals surface area (Å²) in [6.07, 6.45) is 0. The normalized spacial score (nSPS) is 17.6. The van der Waals surface area contributed by atoms with Crippen LogP contribution in [0.3, 0.4) is 0 Å². The van der Waals surface area contributed by atoms with E-state index in [9.17, 15) is 4.79 Å². The summed E-state index contributed by atoms with van der Waals surface area (Å²) in [7, 11) is 0. The average molecular weight is 357 g/mol. The zero-order chi connectivity index (χ0) is 15.2. The van der Waals surface area contributed by atoms with Crippen molar-refractivity contribution in [3.63, 3.8) is 0 Å². The fourth-order valence-electron chi connectivity index (χ4n) is 2.34. The van der Waals surface area contributed by atoms with Crippen molar-refractivity contribution < 1.29 is 14.6 Å². The van der Waals surface area contributed by atoms with Crippen molar-refractivity contribution in [2.24, 2.45) is 0 Å². The van der Waals surface area contributed by atoms with Crippen LogP contribution >= 0.6 is 15.9 Å². The fourth-order valence-corrected chi connectivity index (χ4v) is 2.86. The molecule has 1 fully saturated rings. The van der Waals surface area contributed by atoms with Crippen molar-refractivity contribution in [2.75, 3.05) is 32.8 Å². The number of rotatable bonds is 6. The number of hydrogen-bond acceptors (Lipinski definition) is 4. The first-order chi connectivity index (χ1) is 10.1. The number of halogens is 1. The second-order valence-corrected chi connectivity index (χ2v) is 6.16. The lowest BCUT2D eigenvalue weighted by Crippen LogP contribution is -2.44. The SMILES string of the molecule is CC(CN1CCOCC1)NCc1ccc(C(=O)O)cc1Br. The van der Waals surface area contributed by atoms with Crippen molar-refractivity contribution in [3.05, 3.63) is 33.8 Å². The van der Waals surface area contributed by atoms with E-state index in [0.29, 0.717) is 18.2 Å². The van der Waals surface area contributed by atoms with Gasteiger partial charge in [-0.25, -0.2) is 4.79 Å². The first-order valence-electron chi connectivity index (χ1n) is 7.11. The van der Waals surface area contributed by atoms with Gasteiger partial charge in [-0.2, -0.15) is 0 Å². The van der Waals surface area contributed by atoms with E-state index in [0.717, 1.165) is 42.9 Å². The monoisotopic (exact) mass is 356 g/mol. The van der Waals surface area contributed by atoms with Crippen LogP contribution in [0.2, 0.25) is 0 Å². The first-order valence-corrected chi connectivity index (χ1v) is 7.91. The molecule has 116 valence electrons. The minimum Gasteiger partial charge on any atom is -0.478 e. The van der Waals surface area contributed by atoms with Gasteiger partial charge in [-0.3, -0.25) is 4.90 Å². The molecular weight excluding hydrogens is 336 g/mol. The minimum absolute atomic E-state index is 0.298. The molecule has 6 heteroatoms. The van der Waals surface area contributed by atoms with Crippen LogP contribution in [0.4, 0.5) is 0 Å². The van der Waals surface area contributed by atoms with E-state index < -0.39 is 5.97 Å². The molecule has 1 aliphatic rings. The highest BCUT2D eigenvalue weighted by Crippen LogP contribution is 2.19. The first kappa shape index (κ1) is 16.4. The maximum Gasteiger partial charge on any atom is 0.335 e. The predicted molar refractivity (Wildman–Crippen MR) is 84.7 cm³/mol. The lowest BCUT2D eigenvalue weighted by molar-refractivity contribution is 0.0343. The van der Waals surface area contributed by atoms with Crippen molar-refractivity contribution >= 4 is 21.9 Å². The Morgan fingerprint density at radius 2 is 2.19 bits per heavy atom. The second-order valence-electron chi connectivity index (χ2n) is 5.31. The van der Waals surface area contributed by atoms with Crippen LogP contribution in [0.15, 0.2) is 22.7 Å².